The largest absolute Gasteiger partial charge is 0.310 e. The van der Waals surface area contributed by atoms with Crippen molar-refractivity contribution in [1.29, 1.82) is 0 Å². The maximum absolute atomic E-state index is 12.6. The number of nitrogens with one attached hydrogen (secondary N) is 1. The van der Waals surface area contributed by atoms with Crippen LogP contribution >= 0.6 is 11.8 Å². The van der Waals surface area contributed by atoms with E-state index in [0.717, 1.165) is 41.5 Å². The highest BCUT2D eigenvalue weighted by atomic mass is 32.2. The van der Waals surface area contributed by atoms with Crippen LogP contribution in [0.3, 0.4) is 0 Å². The fourth-order valence-corrected chi connectivity index (χ4v) is 4.10. The molecule has 0 unspecified atom stereocenters. The second-order valence-electron chi connectivity index (χ2n) is 6.45. The van der Waals surface area contributed by atoms with Gasteiger partial charge in [0, 0.05) is 23.0 Å². The summed E-state index contributed by atoms with van der Waals surface area (Å²) in [6.07, 6.45) is 1.72. The highest BCUT2D eigenvalue weighted by Gasteiger charge is 2.26. The second-order valence-corrected chi connectivity index (χ2v) is 7.44. The Morgan fingerprint density at radius 1 is 1.25 bits per heavy atom. The summed E-state index contributed by atoms with van der Waals surface area (Å²) in [5.74, 6) is 2.84. The van der Waals surface area contributed by atoms with E-state index < -0.39 is 0 Å². The number of aryl methyl sites for hydroxylation is 2. The van der Waals surface area contributed by atoms with Gasteiger partial charge in [0.2, 0.25) is 5.91 Å². The van der Waals surface area contributed by atoms with Gasteiger partial charge in [-0.3, -0.25) is 4.79 Å². The van der Waals surface area contributed by atoms with Gasteiger partial charge in [0.25, 0.3) is 0 Å². The van der Waals surface area contributed by atoms with Gasteiger partial charge in [-0.1, -0.05) is 19.9 Å². The minimum absolute atomic E-state index is 0.0535. The van der Waals surface area contributed by atoms with Crippen molar-refractivity contribution in [2.45, 2.75) is 52.0 Å². The monoisotopic (exact) mass is 343 g/mol. The minimum Gasteiger partial charge on any atom is -0.310 e. The molecule has 1 aromatic heterocycles. The van der Waals surface area contributed by atoms with Crippen molar-refractivity contribution in [2.75, 3.05) is 5.32 Å². The van der Waals surface area contributed by atoms with Crippen molar-refractivity contribution in [3.63, 3.8) is 0 Å². The summed E-state index contributed by atoms with van der Waals surface area (Å²) in [5, 5.41) is 7.95. The molecule has 0 saturated heterocycles. The Balaban J connectivity index is 2.01. The molecule has 0 atom stereocenters. The third-order valence-corrected chi connectivity index (χ3v) is 5.86. The topological polar surface area (TPSA) is 46.9 Å². The molecule has 5 heteroatoms. The molecule has 128 valence electrons. The van der Waals surface area contributed by atoms with Crippen LogP contribution in [-0.2, 0) is 16.3 Å². The molecule has 1 aliphatic heterocycles. The van der Waals surface area contributed by atoms with Crippen LogP contribution in [0.4, 0.5) is 5.82 Å². The molecule has 0 spiro atoms. The third kappa shape index (κ3) is 3.09. The molecular formula is C19H25N3OS. The molecule has 24 heavy (non-hydrogen) atoms. The summed E-state index contributed by atoms with van der Waals surface area (Å²) in [7, 11) is 0. The number of nitrogens with zero attached hydrogens (tertiary/aromatic N) is 2. The Morgan fingerprint density at radius 2 is 2.00 bits per heavy atom. The number of anilines is 1. The summed E-state index contributed by atoms with van der Waals surface area (Å²) in [6, 6.07) is 6.32. The van der Waals surface area contributed by atoms with Crippen molar-refractivity contribution in [3.05, 3.63) is 40.6 Å². The number of carbonyl (C=O) groups excluding carboxylic acids is 1. The van der Waals surface area contributed by atoms with E-state index in [1.165, 1.54) is 16.7 Å². The van der Waals surface area contributed by atoms with Crippen molar-refractivity contribution < 1.29 is 4.79 Å². The molecule has 2 heterocycles. The van der Waals surface area contributed by atoms with Gasteiger partial charge >= 0.3 is 0 Å². The first-order valence-corrected chi connectivity index (χ1v) is 9.77. The van der Waals surface area contributed by atoms with Gasteiger partial charge < -0.3 is 5.32 Å². The van der Waals surface area contributed by atoms with Crippen molar-refractivity contribution >= 4 is 23.5 Å². The van der Waals surface area contributed by atoms with Crippen molar-refractivity contribution in [3.8, 4) is 5.69 Å². The smallest absolute Gasteiger partial charge is 0.228 e. The number of carbonyl (C=O) groups is 1. The number of thioether (sulfide) groups is 1. The average molecular weight is 343 g/mol. The summed E-state index contributed by atoms with van der Waals surface area (Å²) in [4.78, 5) is 12.6. The first-order chi connectivity index (χ1) is 11.5. The Labute approximate surface area is 148 Å². The van der Waals surface area contributed by atoms with E-state index in [-0.39, 0.29) is 11.8 Å². The molecule has 1 N–H and O–H groups in total. The van der Waals surface area contributed by atoms with Gasteiger partial charge in [0.05, 0.1) is 11.4 Å². The first-order valence-electron chi connectivity index (χ1n) is 8.62. The van der Waals surface area contributed by atoms with Crippen molar-refractivity contribution in [2.24, 2.45) is 5.92 Å². The van der Waals surface area contributed by atoms with Crippen molar-refractivity contribution in [1.82, 2.24) is 9.78 Å². The van der Waals surface area contributed by atoms with E-state index in [1.807, 2.05) is 16.4 Å². The predicted molar refractivity (Wildman–Crippen MR) is 101 cm³/mol. The maximum atomic E-state index is 12.6. The molecule has 0 fully saturated rings. The fourth-order valence-electron chi connectivity index (χ4n) is 3.06. The van der Waals surface area contributed by atoms with Gasteiger partial charge in [-0.25, -0.2) is 4.68 Å². The van der Waals surface area contributed by atoms with Gasteiger partial charge in [0.1, 0.15) is 5.82 Å². The summed E-state index contributed by atoms with van der Waals surface area (Å²) in [6.45, 7) is 8.34. The third-order valence-electron chi connectivity index (χ3n) is 4.88. The summed E-state index contributed by atoms with van der Waals surface area (Å²) < 4.78 is 1.91. The van der Waals surface area contributed by atoms with Crippen LogP contribution in [0.25, 0.3) is 5.69 Å². The molecule has 4 nitrogen and oxygen atoms in total. The van der Waals surface area contributed by atoms with Crippen LogP contribution in [0, 0.1) is 19.8 Å². The molecule has 3 rings (SSSR count). The molecule has 0 radical (unpaired) electrons. The number of amides is 1. The van der Waals surface area contributed by atoms with Gasteiger partial charge in [-0.2, -0.15) is 16.9 Å². The second kappa shape index (κ2) is 7.01. The number of hydrogen-bond acceptors (Lipinski definition) is 3. The molecule has 1 amide bonds. The van der Waals surface area contributed by atoms with E-state index in [1.54, 1.807) is 0 Å². The van der Waals surface area contributed by atoms with E-state index in [9.17, 15) is 4.79 Å². The zero-order valence-corrected chi connectivity index (χ0v) is 15.7. The Hall–Kier alpha value is -1.75. The molecule has 0 bridgehead atoms. The Bertz CT molecular complexity index is 762. The van der Waals surface area contributed by atoms with Crippen LogP contribution in [-0.4, -0.2) is 15.7 Å². The Kier molecular flexibility index (Phi) is 4.99. The quantitative estimate of drug-likeness (QED) is 0.862. The van der Waals surface area contributed by atoms with Crippen LogP contribution in [0.5, 0.6) is 0 Å². The lowest BCUT2D eigenvalue weighted by atomic mass is 10.0. The maximum Gasteiger partial charge on any atom is 0.228 e. The molecule has 1 aromatic carbocycles. The van der Waals surface area contributed by atoms with E-state index in [4.69, 9.17) is 5.10 Å². The number of rotatable bonds is 5. The zero-order chi connectivity index (χ0) is 17.3. The molecule has 0 saturated carbocycles. The highest BCUT2D eigenvalue weighted by Crippen LogP contribution is 2.36. The normalized spacial score (nSPS) is 13.4. The average Bonchev–Trinajstić information content (AvgIpc) is 3.14. The lowest BCUT2D eigenvalue weighted by Gasteiger charge is -2.16. The fraction of sp³-hybridized carbons (Fsp3) is 0.474. The lowest BCUT2D eigenvalue weighted by molar-refractivity contribution is -0.120. The van der Waals surface area contributed by atoms with Crippen LogP contribution in [0.2, 0.25) is 0 Å². The SMILES string of the molecule is CCC(CC)C(=O)Nc1c2c(nn1-c1ccc(C)c(C)c1)CSC2. The standard InChI is InChI=1S/C19H25N3OS/c1-5-14(6-2)19(23)20-18-16-10-24-11-17(16)21-22(18)15-8-7-12(3)13(4)9-15/h7-9,14H,5-6,10-11H2,1-4H3,(H,20,23). The van der Waals surface area contributed by atoms with E-state index >= 15 is 0 Å². The predicted octanol–water partition coefficient (Wildman–Crippen LogP) is 4.61. The van der Waals surface area contributed by atoms with E-state index in [2.05, 4.69) is 51.2 Å². The van der Waals surface area contributed by atoms with Crippen LogP contribution in [0.1, 0.15) is 49.1 Å². The highest BCUT2D eigenvalue weighted by molar-refractivity contribution is 7.98. The number of benzene rings is 1. The number of hydrogen-bond donors (Lipinski definition) is 1. The summed E-state index contributed by atoms with van der Waals surface area (Å²) >= 11 is 1.85. The molecular weight excluding hydrogens is 318 g/mol. The minimum atomic E-state index is 0.0535. The Morgan fingerprint density at radius 3 is 2.67 bits per heavy atom. The zero-order valence-electron chi connectivity index (χ0n) is 14.8. The first kappa shape index (κ1) is 17.1. The van der Waals surface area contributed by atoms with Gasteiger partial charge in [-0.15, -0.1) is 0 Å². The van der Waals surface area contributed by atoms with E-state index in [0.29, 0.717) is 0 Å². The van der Waals surface area contributed by atoms with Gasteiger partial charge in [0.15, 0.2) is 0 Å². The molecule has 1 aliphatic rings. The lowest BCUT2D eigenvalue weighted by Crippen LogP contribution is -2.23. The van der Waals surface area contributed by atoms with Crippen LogP contribution < -0.4 is 5.32 Å². The summed E-state index contributed by atoms with van der Waals surface area (Å²) in [5.41, 5.74) is 5.78. The number of fused-ring (bicyclic) bond motifs is 1. The van der Waals surface area contributed by atoms with Crippen LogP contribution in [0.15, 0.2) is 18.2 Å². The molecule has 2 aromatic rings. The van der Waals surface area contributed by atoms with Gasteiger partial charge in [-0.05, 0) is 49.9 Å². The number of aromatic nitrogens is 2. The molecule has 0 aliphatic carbocycles.